The van der Waals surface area contributed by atoms with E-state index >= 15 is 0 Å². The molecule has 0 radical (unpaired) electrons. The first-order chi connectivity index (χ1) is 17.6. The van der Waals surface area contributed by atoms with Gasteiger partial charge in [0.15, 0.2) is 6.61 Å². The molecule has 0 spiro atoms. The SMILES string of the molecule is CCC(C(=O)OCc1ccccc1)N1C(=O)COc2ccc(-c3csc(Cc4ccccc4)n3)cc21. The summed E-state index contributed by atoms with van der Waals surface area (Å²) in [6, 6.07) is 24.6. The van der Waals surface area contributed by atoms with Gasteiger partial charge in [-0.15, -0.1) is 11.3 Å². The van der Waals surface area contributed by atoms with Gasteiger partial charge < -0.3 is 9.47 Å². The summed E-state index contributed by atoms with van der Waals surface area (Å²) in [7, 11) is 0. The van der Waals surface area contributed by atoms with Crippen LogP contribution in [-0.2, 0) is 27.4 Å². The van der Waals surface area contributed by atoms with Gasteiger partial charge >= 0.3 is 5.97 Å². The van der Waals surface area contributed by atoms with Crippen LogP contribution in [0.1, 0.15) is 29.5 Å². The molecule has 1 atom stereocenters. The van der Waals surface area contributed by atoms with E-state index in [2.05, 4.69) is 12.1 Å². The molecular formula is C29H26N2O4S. The van der Waals surface area contributed by atoms with Gasteiger partial charge in [0.2, 0.25) is 0 Å². The maximum absolute atomic E-state index is 13.1. The number of amides is 1. The van der Waals surface area contributed by atoms with Gasteiger partial charge in [0.05, 0.1) is 16.4 Å². The van der Waals surface area contributed by atoms with Crippen LogP contribution in [0, 0.1) is 0 Å². The van der Waals surface area contributed by atoms with E-state index in [4.69, 9.17) is 14.5 Å². The lowest BCUT2D eigenvalue weighted by Gasteiger charge is -2.34. The summed E-state index contributed by atoms with van der Waals surface area (Å²) in [5, 5.41) is 3.02. The Kier molecular flexibility index (Phi) is 7.09. The Balaban J connectivity index is 1.39. The number of ether oxygens (including phenoxy) is 2. The number of esters is 1. The number of anilines is 1. The molecule has 182 valence electrons. The lowest BCUT2D eigenvalue weighted by molar-refractivity contribution is -0.148. The second-order valence-electron chi connectivity index (χ2n) is 8.54. The molecule has 0 aliphatic carbocycles. The van der Waals surface area contributed by atoms with E-state index < -0.39 is 12.0 Å². The zero-order valence-corrected chi connectivity index (χ0v) is 20.7. The average molecular weight is 499 g/mol. The minimum absolute atomic E-state index is 0.118. The number of hydrogen-bond acceptors (Lipinski definition) is 6. The number of carbonyl (C=O) groups excluding carboxylic acids is 2. The highest BCUT2D eigenvalue weighted by molar-refractivity contribution is 7.10. The van der Waals surface area contributed by atoms with Crippen LogP contribution in [0.25, 0.3) is 11.3 Å². The first-order valence-electron chi connectivity index (χ1n) is 11.9. The van der Waals surface area contributed by atoms with E-state index in [1.165, 1.54) is 10.5 Å². The number of aromatic nitrogens is 1. The fraction of sp³-hybridized carbons (Fsp3) is 0.207. The van der Waals surface area contributed by atoms with Crippen molar-refractivity contribution >= 4 is 28.9 Å². The van der Waals surface area contributed by atoms with Crippen LogP contribution in [0.4, 0.5) is 5.69 Å². The molecule has 3 aromatic carbocycles. The summed E-state index contributed by atoms with van der Waals surface area (Å²) in [6.45, 7) is 1.91. The Bertz CT molecular complexity index is 1350. The van der Waals surface area contributed by atoms with Crippen molar-refractivity contribution < 1.29 is 19.1 Å². The Morgan fingerprint density at radius 3 is 2.50 bits per heavy atom. The van der Waals surface area contributed by atoms with Gasteiger partial charge in [-0.05, 0) is 35.7 Å². The van der Waals surface area contributed by atoms with Gasteiger partial charge in [-0.3, -0.25) is 9.69 Å². The Morgan fingerprint density at radius 1 is 1.06 bits per heavy atom. The maximum Gasteiger partial charge on any atom is 0.329 e. The zero-order valence-electron chi connectivity index (χ0n) is 19.9. The predicted octanol–water partition coefficient (Wildman–Crippen LogP) is 5.65. The maximum atomic E-state index is 13.1. The topological polar surface area (TPSA) is 68.7 Å². The van der Waals surface area contributed by atoms with Crippen molar-refractivity contribution in [1.82, 2.24) is 4.98 Å². The van der Waals surface area contributed by atoms with Crippen LogP contribution < -0.4 is 9.64 Å². The molecule has 0 saturated heterocycles. The largest absolute Gasteiger partial charge is 0.482 e. The molecule has 4 aromatic rings. The van der Waals surface area contributed by atoms with E-state index in [-0.39, 0.29) is 19.1 Å². The van der Waals surface area contributed by atoms with Crippen molar-refractivity contribution in [3.8, 4) is 17.0 Å². The first kappa shape index (κ1) is 23.8. The fourth-order valence-corrected chi connectivity index (χ4v) is 5.08. The number of hydrogen-bond donors (Lipinski definition) is 0. The van der Waals surface area contributed by atoms with Crippen molar-refractivity contribution in [2.24, 2.45) is 0 Å². The molecule has 1 unspecified atom stereocenters. The van der Waals surface area contributed by atoms with Crippen molar-refractivity contribution in [1.29, 1.82) is 0 Å². The van der Waals surface area contributed by atoms with Gasteiger partial charge in [0, 0.05) is 17.4 Å². The van der Waals surface area contributed by atoms with Crippen LogP contribution in [0.15, 0.2) is 84.2 Å². The molecule has 36 heavy (non-hydrogen) atoms. The van der Waals surface area contributed by atoms with Crippen LogP contribution in [0.5, 0.6) is 5.75 Å². The molecule has 1 aliphatic rings. The molecule has 1 aliphatic heterocycles. The van der Waals surface area contributed by atoms with Gasteiger partial charge in [-0.1, -0.05) is 67.6 Å². The van der Waals surface area contributed by atoms with E-state index in [0.717, 1.165) is 28.2 Å². The van der Waals surface area contributed by atoms with E-state index in [0.29, 0.717) is 17.9 Å². The highest BCUT2D eigenvalue weighted by Crippen LogP contribution is 2.38. The van der Waals surface area contributed by atoms with Crippen molar-refractivity contribution in [2.45, 2.75) is 32.4 Å². The lowest BCUT2D eigenvalue weighted by Crippen LogP contribution is -2.49. The summed E-state index contributed by atoms with van der Waals surface area (Å²) >= 11 is 1.60. The first-order valence-corrected chi connectivity index (χ1v) is 12.8. The molecule has 6 nitrogen and oxygen atoms in total. The number of thiazole rings is 1. The number of benzene rings is 3. The molecule has 2 heterocycles. The third kappa shape index (κ3) is 5.16. The van der Waals surface area contributed by atoms with Crippen molar-refractivity contribution in [3.63, 3.8) is 0 Å². The van der Waals surface area contributed by atoms with Crippen molar-refractivity contribution in [2.75, 3.05) is 11.5 Å². The van der Waals surface area contributed by atoms with Crippen molar-refractivity contribution in [3.05, 3.63) is 100 Å². The van der Waals surface area contributed by atoms with Crippen LogP contribution in [0.3, 0.4) is 0 Å². The molecule has 1 aromatic heterocycles. The summed E-state index contributed by atoms with van der Waals surface area (Å²) in [5.74, 6) is -0.148. The molecule has 7 heteroatoms. The standard InChI is InChI=1S/C29H26N2O4S/c1-2-24(29(33)35-17-21-11-7-4-8-12-21)31-25-16-22(13-14-26(25)34-18-28(31)32)23-19-36-27(30-23)15-20-9-5-3-6-10-20/h3-14,16,19,24H,2,15,17-18H2,1H3. The summed E-state index contributed by atoms with van der Waals surface area (Å²) in [6.07, 6.45) is 1.18. The van der Waals surface area contributed by atoms with Gasteiger partial charge in [-0.2, -0.15) is 0 Å². The van der Waals surface area contributed by atoms with Crippen LogP contribution >= 0.6 is 11.3 Å². The lowest BCUT2D eigenvalue weighted by atomic mass is 10.1. The van der Waals surface area contributed by atoms with Crippen LogP contribution in [0.2, 0.25) is 0 Å². The molecule has 1 amide bonds. The Labute approximate surface area is 214 Å². The Hall–Kier alpha value is -3.97. The number of nitrogens with zero attached hydrogens (tertiary/aromatic N) is 2. The number of rotatable bonds is 8. The smallest absolute Gasteiger partial charge is 0.329 e. The molecular weight excluding hydrogens is 472 g/mol. The van der Waals surface area contributed by atoms with E-state index in [9.17, 15) is 9.59 Å². The molecule has 0 fully saturated rings. The van der Waals surface area contributed by atoms with E-state index in [1.54, 1.807) is 11.3 Å². The predicted molar refractivity (Wildman–Crippen MR) is 140 cm³/mol. The second-order valence-corrected chi connectivity index (χ2v) is 9.48. The molecule has 0 N–H and O–H groups in total. The highest BCUT2D eigenvalue weighted by Gasteiger charge is 2.36. The number of carbonyl (C=O) groups is 2. The summed E-state index contributed by atoms with van der Waals surface area (Å²) in [5.41, 5.74) is 4.34. The van der Waals surface area contributed by atoms with Gasteiger partial charge in [0.25, 0.3) is 5.91 Å². The zero-order chi connectivity index (χ0) is 24.9. The molecule has 0 saturated carbocycles. The van der Waals surface area contributed by atoms with Gasteiger partial charge in [-0.25, -0.2) is 9.78 Å². The summed E-state index contributed by atoms with van der Waals surface area (Å²) < 4.78 is 11.3. The third-order valence-corrected chi connectivity index (χ3v) is 6.93. The quantitative estimate of drug-likeness (QED) is 0.294. The van der Waals surface area contributed by atoms with Crippen LogP contribution in [-0.4, -0.2) is 29.5 Å². The fourth-order valence-electron chi connectivity index (χ4n) is 4.25. The minimum Gasteiger partial charge on any atom is -0.482 e. The molecule has 0 bridgehead atoms. The highest BCUT2D eigenvalue weighted by atomic mass is 32.1. The molecule has 5 rings (SSSR count). The average Bonchev–Trinajstić information content (AvgIpc) is 3.38. The Morgan fingerprint density at radius 2 is 1.78 bits per heavy atom. The summed E-state index contributed by atoms with van der Waals surface area (Å²) in [4.78, 5) is 32.4. The third-order valence-electron chi connectivity index (χ3n) is 6.08. The minimum atomic E-state index is -0.747. The monoisotopic (exact) mass is 498 g/mol. The normalized spacial score (nSPS) is 13.6. The van der Waals surface area contributed by atoms with E-state index in [1.807, 2.05) is 79.0 Å². The number of fused-ring (bicyclic) bond motifs is 1. The van der Waals surface area contributed by atoms with Gasteiger partial charge in [0.1, 0.15) is 18.4 Å². The second kappa shape index (κ2) is 10.7.